The number of hydrogen-bond acceptors (Lipinski definition) is 2. The number of nitrogens with one attached hydrogen (secondary N) is 1. The maximum absolute atomic E-state index is 3.30. The summed E-state index contributed by atoms with van der Waals surface area (Å²) in [5.41, 5.74) is 0. The third-order valence-electron chi connectivity index (χ3n) is 1.66. The van der Waals surface area contributed by atoms with Crippen molar-refractivity contribution in [1.82, 2.24) is 10.2 Å². The molecule has 0 amide bonds. The molecule has 0 aromatic heterocycles. The zero-order valence-electron chi connectivity index (χ0n) is 6.99. The van der Waals surface area contributed by atoms with Crippen molar-refractivity contribution in [1.29, 1.82) is 0 Å². The molecular formula is C9H13N2W-. The number of nitrogens with zero attached hydrogens (tertiary/aromatic N) is 1. The van der Waals surface area contributed by atoms with Crippen molar-refractivity contribution in [3.63, 3.8) is 0 Å². The molecule has 0 saturated carbocycles. The molecule has 1 aliphatic heterocycles. The Morgan fingerprint density at radius 1 is 1.25 bits per heavy atom. The summed E-state index contributed by atoms with van der Waals surface area (Å²) in [6, 6.07) is 0. The third kappa shape index (κ3) is 3.98. The topological polar surface area (TPSA) is 15.3 Å². The van der Waals surface area contributed by atoms with E-state index >= 15 is 0 Å². The summed E-state index contributed by atoms with van der Waals surface area (Å²) in [6.45, 7) is 4.31. The van der Waals surface area contributed by atoms with Crippen molar-refractivity contribution < 1.29 is 19.4 Å². The molecule has 0 unspecified atom stereocenters. The van der Waals surface area contributed by atoms with Crippen molar-refractivity contribution in [3.05, 3.63) is 24.4 Å². The third-order valence-corrected chi connectivity index (χ3v) is 2.22. The van der Waals surface area contributed by atoms with Crippen molar-refractivity contribution in [3.8, 4) is 0 Å². The van der Waals surface area contributed by atoms with Gasteiger partial charge in [-0.3, -0.25) is 0 Å². The van der Waals surface area contributed by atoms with Crippen LogP contribution in [0.4, 0.5) is 0 Å². The molecule has 12 heavy (non-hydrogen) atoms. The molecule has 1 N–H and O–H groups in total. The van der Waals surface area contributed by atoms with Gasteiger partial charge in [0.2, 0.25) is 0 Å². The molecule has 0 spiro atoms. The second kappa shape index (κ2) is 6.33. The number of allylic oxidation sites excluding steroid dienone is 3. The van der Waals surface area contributed by atoms with Crippen LogP contribution >= 0.6 is 0 Å². The normalized spacial score (nSPS) is 19.2. The van der Waals surface area contributed by atoms with Gasteiger partial charge in [0.25, 0.3) is 0 Å². The van der Waals surface area contributed by atoms with E-state index in [1.807, 2.05) is 18.2 Å². The zero-order valence-corrected chi connectivity index (χ0v) is 9.93. The monoisotopic (exact) mass is 333 g/mol. The number of rotatable bonds is 3. The van der Waals surface area contributed by atoms with Crippen LogP contribution in [0.1, 0.15) is 0 Å². The number of piperazine rings is 1. The molecule has 1 aliphatic rings. The molecule has 1 fully saturated rings. The average Bonchev–Trinajstić information content (AvgIpc) is 2.14. The molecule has 1 heterocycles. The van der Waals surface area contributed by atoms with Crippen LogP contribution < -0.4 is 5.32 Å². The predicted octanol–water partition coefficient (Wildman–Crippen LogP) is 0.114. The molecule has 0 bridgehead atoms. The molecular weight excluding hydrogens is 320 g/mol. The van der Waals surface area contributed by atoms with Gasteiger partial charge in [-0.1, -0.05) is 0 Å². The van der Waals surface area contributed by atoms with Gasteiger partial charge < -0.3 is 0 Å². The summed E-state index contributed by atoms with van der Waals surface area (Å²) in [5, 5.41) is 3.30. The molecule has 0 radical (unpaired) electrons. The Kier molecular flexibility index (Phi) is 5.21. The Bertz CT molecular complexity index is 181. The summed E-state index contributed by atoms with van der Waals surface area (Å²) in [6.07, 6.45) is 9.27. The van der Waals surface area contributed by atoms with Gasteiger partial charge >= 0.3 is 84.6 Å². The molecule has 66 valence electrons. The van der Waals surface area contributed by atoms with Gasteiger partial charge in [0, 0.05) is 0 Å². The Morgan fingerprint density at radius 3 is 2.67 bits per heavy atom. The van der Waals surface area contributed by atoms with Crippen LogP contribution in [-0.2, 0) is 19.4 Å². The maximum atomic E-state index is 3.30. The van der Waals surface area contributed by atoms with E-state index in [2.05, 4.69) is 20.8 Å². The summed E-state index contributed by atoms with van der Waals surface area (Å²) in [7, 11) is 0. The van der Waals surface area contributed by atoms with Crippen molar-refractivity contribution in [2.45, 2.75) is 0 Å². The van der Waals surface area contributed by atoms with E-state index in [4.69, 9.17) is 0 Å². The average molecular weight is 333 g/mol. The summed E-state index contributed by atoms with van der Waals surface area (Å²) in [4.78, 5) is 2.21. The summed E-state index contributed by atoms with van der Waals surface area (Å²) >= 11 is 1.48. The van der Waals surface area contributed by atoms with E-state index in [0.717, 1.165) is 26.2 Å². The molecule has 2 nitrogen and oxygen atoms in total. The predicted molar refractivity (Wildman–Crippen MR) is 47.5 cm³/mol. The van der Waals surface area contributed by atoms with Crippen molar-refractivity contribution in [2.24, 2.45) is 0 Å². The van der Waals surface area contributed by atoms with Gasteiger partial charge in [0.15, 0.2) is 0 Å². The number of hydrogen-bond donors (Lipinski definition) is 1. The fourth-order valence-electron chi connectivity index (χ4n) is 1.04. The molecule has 0 aromatic carbocycles. The first kappa shape index (κ1) is 9.88. The van der Waals surface area contributed by atoms with Gasteiger partial charge in [-0.05, 0) is 0 Å². The van der Waals surface area contributed by atoms with Crippen LogP contribution in [0.3, 0.4) is 0 Å². The Hall–Kier alpha value is -0.202. The van der Waals surface area contributed by atoms with Gasteiger partial charge in [-0.25, -0.2) is 0 Å². The summed E-state index contributed by atoms with van der Waals surface area (Å²) in [5.74, 6) is 0. The fraction of sp³-hybridized carbons (Fsp3) is 0.444. The Balaban J connectivity index is 2.23. The summed E-state index contributed by atoms with van der Waals surface area (Å²) < 4.78 is 2.09. The first-order valence-corrected chi connectivity index (χ1v) is 5.78. The minimum atomic E-state index is 1.07. The van der Waals surface area contributed by atoms with Crippen LogP contribution in [0.2, 0.25) is 0 Å². The minimum absolute atomic E-state index is 1.07. The Labute approximate surface area is 84.7 Å². The van der Waals surface area contributed by atoms with E-state index in [1.54, 1.807) is 0 Å². The first-order valence-electron chi connectivity index (χ1n) is 4.09. The van der Waals surface area contributed by atoms with Gasteiger partial charge in [-0.2, -0.15) is 0 Å². The van der Waals surface area contributed by atoms with E-state index in [0.29, 0.717) is 0 Å². The van der Waals surface area contributed by atoms with Crippen LogP contribution in [0.25, 0.3) is 0 Å². The second-order valence-electron chi connectivity index (χ2n) is 2.55. The van der Waals surface area contributed by atoms with E-state index in [-0.39, 0.29) is 0 Å². The van der Waals surface area contributed by atoms with Gasteiger partial charge in [0.05, 0.1) is 0 Å². The van der Waals surface area contributed by atoms with E-state index < -0.39 is 0 Å². The van der Waals surface area contributed by atoms with Gasteiger partial charge in [-0.15, -0.1) is 0 Å². The quantitative estimate of drug-likeness (QED) is 0.583. The van der Waals surface area contributed by atoms with Crippen LogP contribution in [0, 0.1) is 6.20 Å². The first-order chi connectivity index (χ1) is 5.93. The van der Waals surface area contributed by atoms with Crippen LogP contribution in [0.15, 0.2) is 18.2 Å². The Morgan fingerprint density at radius 2 is 2.00 bits per heavy atom. The van der Waals surface area contributed by atoms with E-state index in [9.17, 15) is 0 Å². The fourth-order valence-corrected chi connectivity index (χ4v) is 1.37. The standard InChI is InChI=1S/C9H13N2.W/c1-2-3-4-7-11-8-5-10-6-9-11;/h1-4,10H,5-6,8-9H2;/q-1;/b3-2-;. The van der Waals surface area contributed by atoms with E-state index in [1.165, 1.54) is 19.4 Å². The molecule has 1 saturated heterocycles. The molecule has 0 aromatic rings. The second-order valence-corrected chi connectivity index (χ2v) is 3.53. The van der Waals surface area contributed by atoms with Crippen molar-refractivity contribution >= 4 is 4.40 Å². The molecule has 3 heteroatoms. The van der Waals surface area contributed by atoms with Crippen LogP contribution in [-0.4, -0.2) is 35.5 Å². The molecule has 0 aliphatic carbocycles. The van der Waals surface area contributed by atoms with Gasteiger partial charge in [0.1, 0.15) is 0 Å². The van der Waals surface area contributed by atoms with Crippen molar-refractivity contribution in [2.75, 3.05) is 26.2 Å². The van der Waals surface area contributed by atoms with Crippen LogP contribution in [0.5, 0.6) is 0 Å². The zero-order chi connectivity index (χ0) is 8.65. The molecule has 0 atom stereocenters. The SMILES string of the molecule is [W]=[CH]/C=C\C=[C-]N1CCNCC1. The molecule has 1 rings (SSSR count).